The van der Waals surface area contributed by atoms with Crippen LogP contribution in [-0.2, 0) is 20.4 Å². The third-order valence-corrected chi connectivity index (χ3v) is 23.7. The van der Waals surface area contributed by atoms with Crippen LogP contribution in [0, 0.1) is 0 Å². The Morgan fingerprint density at radius 2 is 0.169 bits per heavy atom. The van der Waals surface area contributed by atoms with Gasteiger partial charge in [0.25, 0.3) is 0 Å². The Balaban J connectivity index is 0.000000135. The average Bonchev–Trinajstić information content (AvgIpc) is 3.51. The summed E-state index contributed by atoms with van der Waals surface area (Å²) in [6.45, 7) is 0. The summed E-state index contributed by atoms with van der Waals surface area (Å²) >= 11 is 0. The first kappa shape index (κ1) is 56.2. The molecule has 0 aromatic heterocycles. The molecule has 0 nitrogen and oxygen atoms in total. The van der Waals surface area contributed by atoms with Crippen molar-refractivity contribution >= 4 is 95.3 Å². The largest absolute Gasteiger partial charge is 0.102 e. The molecule has 0 aliphatic rings. The summed E-state index contributed by atoms with van der Waals surface area (Å²) in [7, 11) is -3.51. The van der Waals surface area contributed by atoms with Gasteiger partial charge in [-0.05, 0) is 146 Å². The minimum absolute atomic E-state index is 0. The Kier molecular flexibility index (Phi) is 22.9. The molecule has 12 rings (SSSR count). The van der Waals surface area contributed by atoms with E-state index in [1.165, 1.54) is 63.7 Å². The van der Waals surface area contributed by atoms with Gasteiger partial charge in [0.2, 0.25) is 0 Å². The maximum absolute atomic E-state index is 2.24. The van der Waals surface area contributed by atoms with Crippen LogP contribution in [0.15, 0.2) is 364 Å². The van der Waals surface area contributed by atoms with Gasteiger partial charge in [-0.1, -0.05) is 218 Å². The second kappa shape index (κ2) is 31.3. The van der Waals surface area contributed by atoms with Gasteiger partial charge in [-0.2, -0.15) is 0 Å². The van der Waals surface area contributed by atoms with Gasteiger partial charge in [-0.15, -0.1) is 0 Å². The molecule has 0 atom stereocenters. The van der Waals surface area contributed by atoms with E-state index in [0.29, 0.717) is 0 Å². The molecule has 0 amide bonds. The monoisotopic (exact) mass is 1160 g/mol. The van der Waals surface area contributed by atoms with E-state index < -0.39 is 31.7 Å². The minimum atomic E-state index is -0.877. The first-order chi connectivity index (χ1) is 37.8. The van der Waals surface area contributed by atoms with Crippen LogP contribution in [0.1, 0.15) is 0 Å². The van der Waals surface area contributed by atoms with Crippen LogP contribution in [0.25, 0.3) is 0 Å². The summed E-state index contributed by atoms with van der Waals surface area (Å²) in [5.41, 5.74) is 0. The Labute approximate surface area is 476 Å². The second-order valence-electron chi connectivity index (χ2n) is 17.9. The third-order valence-electron chi connectivity index (χ3n) is 12.7. The first-order valence-electron chi connectivity index (χ1n) is 25.9. The zero-order chi connectivity index (χ0) is 51.7. The van der Waals surface area contributed by atoms with Crippen molar-refractivity contribution in [1.82, 2.24) is 0 Å². The molecule has 77 heavy (non-hydrogen) atoms. The molecule has 0 saturated carbocycles. The molecule has 5 heteroatoms. The molecule has 0 aliphatic carbocycles. The molecular formula is C72H64P4Pd+4. The van der Waals surface area contributed by atoms with Crippen LogP contribution < -0.4 is 63.7 Å². The smallest absolute Gasteiger partial charge is 0.0620 e. The summed E-state index contributed by atoms with van der Waals surface area (Å²) in [4.78, 5) is 0. The number of benzene rings is 12. The van der Waals surface area contributed by atoms with Gasteiger partial charge in [0.15, 0.2) is 0 Å². The van der Waals surface area contributed by atoms with E-state index in [9.17, 15) is 0 Å². The van der Waals surface area contributed by atoms with Crippen LogP contribution in [-0.4, -0.2) is 0 Å². The van der Waals surface area contributed by atoms with Gasteiger partial charge >= 0.3 is 0 Å². The molecule has 378 valence electrons. The molecule has 0 N–H and O–H groups in total. The molecule has 0 unspecified atom stereocenters. The third kappa shape index (κ3) is 16.5. The second-order valence-corrected chi connectivity index (χ2v) is 27.8. The predicted molar refractivity (Wildman–Crippen MR) is 346 cm³/mol. The van der Waals surface area contributed by atoms with Crippen molar-refractivity contribution in [2.24, 2.45) is 0 Å². The zero-order valence-corrected chi connectivity index (χ0v) is 48.5. The van der Waals surface area contributed by atoms with Crippen molar-refractivity contribution in [3.63, 3.8) is 0 Å². The number of hydrogen-bond acceptors (Lipinski definition) is 0. The average molecular weight is 1160 g/mol. The summed E-state index contributed by atoms with van der Waals surface area (Å²) in [6.07, 6.45) is 0. The van der Waals surface area contributed by atoms with Crippen LogP contribution in [0.3, 0.4) is 0 Å². The van der Waals surface area contributed by atoms with Gasteiger partial charge < -0.3 is 0 Å². The van der Waals surface area contributed by atoms with Crippen molar-refractivity contribution in [3.05, 3.63) is 364 Å². The summed E-state index contributed by atoms with van der Waals surface area (Å²) in [5, 5.41) is 17.2. The van der Waals surface area contributed by atoms with E-state index in [4.69, 9.17) is 0 Å². The molecule has 0 aliphatic heterocycles. The van der Waals surface area contributed by atoms with Crippen LogP contribution >= 0.6 is 31.7 Å². The first-order valence-corrected chi connectivity index (χ1v) is 31.9. The number of hydrogen-bond donors (Lipinski definition) is 0. The summed E-state index contributed by atoms with van der Waals surface area (Å²) in [5.74, 6) is 0. The van der Waals surface area contributed by atoms with Gasteiger partial charge in [-0.3, -0.25) is 0 Å². The number of rotatable bonds is 12. The summed E-state index contributed by atoms with van der Waals surface area (Å²) in [6, 6.07) is 130. The quantitative estimate of drug-likeness (QED) is 0.0845. The fourth-order valence-corrected chi connectivity index (χ4v) is 19.6. The van der Waals surface area contributed by atoms with Crippen molar-refractivity contribution in [2.45, 2.75) is 0 Å². The van der Waals surface area contributed by atoms with Crippen molar-refractivity contribution in [2.75, 3.05) is 0 Å². The SMILES string of the molecule is [Pd].c1ccc([PH+](c2ccccc2)c2ccccc2)cc1.c1ccc([PH+](c2ccccc2)c2ccccc2)cc1.c1ccc([PH+](c2ccccc2)c2ccccc2)cc1.c1ccc([PH+](c2ccccc2)c2ccccc2)cc1. The van der Waals surface area contributed by atoms with E-state index in [-0.39, 0.29) is 20.4 Å². The molecular weight excluding hydrogens is 1100 g/mol. The summed E-state index contributed by atoms with van der Waals surface area (Å²) < 4.78 is 0. The van der Waals surface area contributed by atoms with E-state index in [2.05, 4.69) is 364 Å². The fourth-order valence-electron chi connectivity index (χ4n) is 9.26. The molecule has 0 heterocycles. The van der Waals surface area contributed by atoms with Crippen molar-refractivity contribution in [1.29, 1.82) is 0 Å². The van der Waals surface area contributed by atoms with Crippen LogP contribution in [0.5, 0.6) is 0 Å². The molecule has 12 aromatic rings. The predicted octanol–water partition coefficient (Wildman–Crippen LogP) is 12.7. The Morgan fingerprint density at radius 3 is 0.234 bits per heavy atom. The van der Waals surface area contributed by atoms with Crippen LogP contribution in [0.2, 0.25) is 0 Å². The Bertz CT molecular complexity index is 2580. The van der Waals surface area contributed by atoms with Gasteiger partial charge in [-0.25, -0.2) is 0 Å². The topological polar surface area (TPSA) is 0 Å². The Morgan fingerprint density at radius 1 is 0.104 bits per heavy atom. The zero-order valence-electron chi connectivity index (χ0n) is 43.0. The van der Waals surface area contributed by atoms with Gasteiger partial charge in [0.05, 0.1) is 31.7 Å². The normalized spacial score (nSPS) is 10.4. The molecule has 12 aromatic carbocycles. The van der Waals surface area contributed by atoms with Crippen molar-refractivity contribution in [3.8, 4) is 0 Å². The fraction of sp³-hybridized carbons (Fsp3) is 0. The van der Waals surface area contributed by atoms with E-state index in [1.807, 2.05) is 0 Å². The van der Waals surface area contributed by atoms with Gasteiger partial charge in [0, 0.05) is 20.4 Å². The van der Waals surface area contributed by atoms with Gasteiger partial charge in [0.1, 0.15) is 63.7 Å². The maximum atomic E-state index is 2.24. The van der Waals surface area contributed by atoms with Crippen molar-refractivity contribution < 1.29 is 20.4 Å². The van der Waals surface area contributed by atoms with E-state index >= 15 is 0 Å². The molecule has 0 saturated heterocycles. The standard InChI is InChI=1S/4C18H15P.Pd/c4*1-4-10-16(11-5-1)19(17-12-6-2-7-13-17)18-14-8-3-9-15-18;/h4*1-15H;/p+4. The molecule has 0 radical (unpaired) electrons. The maximum Gasteiger partial charge on any atom is 0.102 e. The Hall–Kier alpha value is -6.98. The van der Waals surface area contributed by atoms with E-state index in [0.717, 1.165) is 0 Å². The minimum Gasteiger partial charge on any atom is -0.0620 e. The van der Waals surface area contributed by atoms with E-state index in [1.54, 1.807) is 0 Å². The molecule has 0 bridgehead atoms. The molecule has 0 spiro atoms. The van der Waals surface area contributed by atoms with Crippen LogP contribution in [0.4, 0.5) is 0 Å². The molecule has 0 fully saturated rings.